The molecule has 0 saturated heterocycles. The second kappa shape index (κ2) is 11.0. The zero-order valence-corrected chi connectivity index (χ0v) is 17.8. The van der Waals surface area contributed by atoms with Crippen LogP contribution in [-0.4, -0.2) is 49.9 Å². The maximum atomic E-state index is 11.3. The normalized spacial score (nSPS) is 15.5. The molecule has 1 aliphatic rings. The second-order valence-corrected chi connectivity index (χ2v) is 7.58. The van der Waals surface area contributed by atoms with E-state index in [-0.39, 0.29) is 12.6 Å². The van der Waals surface area contributed by atoms with E-state index in [0.717, 1.165) is 50.1 Å². The first-order valence-corrected chi connectivity index (χ1v) is 10.5. The van der Waals surface area contributed by atoms with Crippen LogP contribution in [0, 0.1) is 0 Å². The minimum absolute atomic E-state index is 0.201. The molecule has 5 nitrogen and oxygen atoms in total. The number of rotatable bonds is 10. The van der Waals surface area contributed by atoms with Gasteiger partial charge in [-0.2, -0.15) is 0 Å². The molecule has 5 heteroatoms. The molecule has 0 spiro atoms. The number of methoxy groups -OCH3 is 2. The molecule has 0 fully saturated rings. The van der Waals surface area contributed by atoms with Crippen molar-refractivity contribution in [2.75, 3.05) is 33.9 Å². The van der Waals surface area contributed by atoms with Crippen LogP contribution in [0.3, 0.4) is 0 Å². The van der Waals surface area contributed by atoms with Gasteiger partial charge in [0.05, 0.1) is 14.2 Å². The van der Waals surface area contributed by atoms with Crippen LogP contribution < -0.4 is 4.74 Å². The number of ether oxygens (including phenoxy) is 2. The molecule has 0 heterocycles. The maximum Gasteiger partial charge on any atom is 0.330 e. The zero-order valence-electron chi connectivity index (χ0n) is 17.8. The van der Waals surface area contributed by atoms with Crippen molar-refractivity contribution in [2.45, 2.75) is 31.7 Å². The van der Waals surface area contributed by atoms with E-state index in [1.165, 1.54) is 29.9 Å². The number of carbonyl (C=O) groups is 1. The molecule has 1 aliphatic carbocycles. The molecule has 1 N–H and O–H groups in total. The molecular weight excluding hydrogens is 378 g/mol. The average Bonchev–Trinajstić information content (AvgIpc) is 3.20. The van der Waals surface area contributed by atoms with Gasteiger partial charge in [-0.15, -0.1) is 0 Å². The summed E-state index contributed by atoms with van der Waals surface area (Å²) in [5.41, 5.74) is 4.96. The molecule has 1 unspecified atom stereocenters. The Bertz CT molecular complexity index is 877. The molecule has 160 valence electrons. The Kier molecular flexibility index (Phi) is 8.05. The molecule has 0 radical (unpaired) electrons. The SMILES string of the molecule is COC(=O)C=Cc1ccc2c(c1)CCC2N(CCCO)CCc1cccc(OC)c1. The first kappa shape index (κ1) is 22.1. The molecule has 2 aromatic carbocycles. The Morgan fingerprint density at radius 2 is 2.07 bits per heavy atom. The molecule has 2 aromatic rings. The molecule has 30 heavy (non-hydrogen) atoms. The Morgan fingerprint density at radius 1 is 1.20 bits per heavy atom. The predicted molar refractivity (Wildman–Crippen MR) is 119 cm³/mol. The first-order valence-electron chi connectivity index (χ1n) is 10.5. The highest BCUT2D eigenvalue weighted by molar-refractivity contribution is 5.86. The summed E-state index contributed by atoms with van der Waals surface area (Å²) in [6.45, 7) is 2.00. The maximum absolute atomic E-state index is 11.3. The number of aliphatic hydroxyl groups excluding tert-OH is 1. The summed E-state index contributed by atoms with van der Waals surface area (Å²) in [5, 5.41) is 9.38. The molecule has 0 saturated carbocycles. The Hall–Kier alpha value is -2.63. The predicted octanol–water partition coefficient (Wildman–Crippen LogP) is 3.80. The third-order valence-corrected chi connectivity index (χ3v) is 5.69. The number of esters is 1. The van der Waals surface area contributed by atoms with E-state index in [1.54, 1.807) is 13.2 Å². The van der Waals surface area contributed by atoms with Crippen LogP contribution in [0.15, 0.2) is 48.5 Å². The van der Waals surface area contributed by atoms with Gasteiger partial charge in [-0.1, -0.05) is 30.3 Å². The van der Waals surface area contributed by atoms with Crippen LogP contribution in [0.4, 0.5) is 0 Å². The minimum atomic E-state index is -0.346. The van der Waals surface area contributed by atoms with E-state index in [1.807, 2.05) is 12.1 Å². The van der Waals surface area contributed by atoms with Crippen LogP contribution in [-0.2, 0) is 22.4 Å². The number of carbonyl (C=O) groups excluding carboxylic acids is 1. The van der Waals surface area contributed by atoms with Crippen LogP contribution >= 0.6 is 0 Å². The van der Waals surface area contributed by atoms with Crippen molar-refractivity contribution in [3.8, 4) is 5.75 Å². The number of fused-ring (bicyclic) bond motifs is 1. The van der Waals surface area contributed by atoms with E-state index >= 15 is 0 Å². The third-order valence-electron chi connectivity index (χ3n) is 5.69. The largest absolute Gasteiger partial charge is 0.497 e. The standard InChI is InChI=1S/C25H31NO4/c1-29-22-6-3-5-19(18-22)13-15-26(14-4-16-27)24-11-9-21-17-20(7-10-23(21)24)8-12-25(28)30-2/h3,5-8,10,12,17-18,24,27H,4,9,11,13-16H2,1-2H3. The highest BCUT2D eigenvalue weighted by Gasteiger charge is 2.27. The first-order chi connectivity index (χ1) is 14.6. The highest BCUT2D eigenvalue weighted by atomic mass is 16.5. The van der Waals surface area contributed by atoms with Gasteiger partial charge in [0.2, 0.25) is 0 Å². The molecule has 0 aromatic heterocycles. The van der Waals surface area contributed by atoms with Gasteiger partial charge in [0, 0.05) is 31.8 Å². The van der Waals surface area contributed by atoms with E-state index < -0.39 is 0 Å². The second-order valence-electron chi connectivity index (χ2n) is 7.58. The summed E-state index contributed by atoms with van der Waals surface area (Å²) in [6.07, 6.45) is 7.05. The lowest BCUT2D eigenvalue weighted by Crippen LogP contribution is -2.31. The van der Waals surface area contributed by atoms with Crippen molar-refractivity contribution in [3.05, 3.63) is 70.8 Å². The van der Waals surface area contributed by atoms with Gasteiger partial charge in [-0.3, -0.25) is 4.90 Å². The van der Waals surface area contributed by atoms with Crippen molar-refractivity contribution in [1.29, 1.82) is 0 Å². The van der Waals surface area contributed by atoms with E-state index in [0.29, 0.717) is 6.04 Å². The topological polar surface area (TPSA) is 59.0 Å². The van der Waals surface area contributed by atoms with E-state index in [4.69, 9.17) is 4.74 Å². The van der Waals surface area contributed by atoms with Crippen LogP contribution in [0.1, 0.15) is 41.1 Å². The number of hydrogen-bond donors (Lipinski definition) is 1. The number of aliphatic hydroxyl groups is 1. The summed E-state index contributed by atoms with van der Waals surface area (Å²) >= 11 is 0. The Labute approximate surface area is 178 Å². The van der Waals surface area contributed by atoms with Gasteiger partial charge < -0.3 is 14.6 Å². The summed E-state index contributed by atoms with van der Waals surface area (Å²) in [5.74, 6) is 0.536. The van der Waals surface area contributed by atoms with Crippen molar-refractivity contribution in [2.24, 2.45) is 0 Å². The van der Waals surface area contributed by atoms with Crippen molar-refractivity contribution >= 4 is 12.0 Å². The van der Waals surface area contributed by atoms with Crippen molar-refractivity contribution in [1.82, 2.24) is 4.90 Å². The van der Waals surface area contributed by atoms with Crippen molar-refractivity contribution < 1.29 is 19.4 Å². The lowest BCUT2D eigenvalue weighted by atomic mass is 10.0. The van der Waals surface area contributed by atoms with Gasteiger partial charge in [-0.25, -0.2) is 4.79 Å². The fourth-order valence-electron chi connectivity index (χ4n) is 4.13. The fourth-order valence-corrected chi connectivity index (χ4v) is 4.13. The highest BCUT2D eigenvalue weighted by Crippen LogP contribution is 2.36. The van der Waals surface area contributed by atoms with E-state index in [9.17, 15) is 9.90 Å². The smallest absolute Gasteiger partial charge is 0.330 e. The number of nitrogens with zero attached hydrogens (tertiary/aromatic N) is 1. The van der Waals surface area contributed by atoms with Gasteiger partial charge in [0.25, 0.3) is 0 Å². The van der Waals surface area contributed by atoms with Gasteiger partial charge in [0.15, 0.2) is 0 Å². The average molecular weight is 410 g/mol. The third kappa shape index (κ3) is 5.71. The minimum Gasteiger partial charge on any atom is -0.497 e. The molecule has 0 amide bonds. The summed E-state index contributed by atoms with van der Waals surface area (Å²) in [4.78, 5) is 13.8. The molecule has 3 rings (SSSR count). The van der Waals surface area contributed by atoms with Crippen LogP contribution in [0.25, 0.3) is 6.08 Å². The van der Waals surface area contributed by atoms with Crippen LogP contribution in [0.2, 0.25) is 0 Å². The molecule has 0 bridgehead atoms. The van der Waals surface area contributed by atoms with Gasteiger partial charge in [0.1, 0.15) is 5.75 Å². The number of hydrogen-bond acceptors (Lipinski definition) is 5. The van der Waals surface area contributed by atoms with Gasteiger partial charge >= 0.3 is 5.97 Å². The zero-order chi connectivity index (χ0) is 21.3. The van der Waals surface area contributed by atoms with Crippen LogP contribution in [0.5, 0.6) is 5.75 Å². The molecular formula is C25H31NO4. The summed E-state index contributed by atoms with van der Waals surface area (Å²) < 4.78 is 10.0. The van der Waals surface area contributed by atoms with E-state index in [2.05, 4.69) is 40.0 Å². The Morgan fingerprint density at radius 3 is 2.83 bits per heavy atom. The number of aryl methyl sites for hydroxylation is 1. The molecule has 1 atom stereocenters. The lowest BCUT2D eigenvalue weighted by molar-refractivity contribution is -0.134. The molecule has 0 aliphatic heterocycles. The monoisotopic (exact) mass is 409 g/mol. The number of benzene rings is 2. The summed E-state index contributed by atoms with van der Waals surface area (Å²) in [7, 11) is 3.07. The fraction of sp³-hybridized carbons (Fsp3) is 0.400. The van der Waals surface area contributed by atoms with Crippen molar-refractivity contribution in [3.63, 3.8) is 0 Å². The Balaban J connectivity index is 1.72. The summed E-state index contributed by atoms with van der Waals surface area (Å²) in [6, 6.07) is 15.0. The van der Waals surface area contributed by atoms with Gasteiger partial charge in [-0.05, 0) is 66.1 Å². The lowest BCUT2D eigenvalue weighted by Gasteiger charge is -2.29. The quantitative estimate of drug-likeness (QED) is 0.478.